The molecule has 0 radical (unpaired) electrons. The summed E-state index contributed by atoms with van der Waals surface area (Å²) in [4.78, 5) is 13.9. The molecule has 1 rings (SSSR count). The molecule has 1 heterocycles. The van der Waals surface area contributed by atoms with Gasteiger partial charge in [0.05, 0.1) is 9.26 Å². The van der Waals surface area contributed by atoms with Crippen LogP contribution in [-0.2, 0) is 0 Å². The molecule has 1 amide bonds. The molecule has 4 nitrogen and oxygen atoms in total. The zero-order valence-corrected chi connectivity index (χ0v) is 7.53. The molecule has 0 spiro atoms. The monoisotopic (exact) mass is 263 g/mol. The van der Waals surface area contributed by atoms with Crippen molar-refractivity contribution in [2.45, 2.75) is 0 Å². The summed E-state index contributed by atoms with van der Waals surface area (Å²) in [6.45, 7) is 0. The van der Waals surface area contributed by atoms with Crippen molar-refractivity contribution in [3.8, 4) is 0 Å². The minimum Gasteiger partial charge on any atom is -0.530 e. The first kappa shape index (κ1) is 8.25. The molecular weight excluding hydrogens is 259 g/mol. The summed E-state index contributed by atoms with van der Waals surface area (Å²) in [6.07, 6.45) is 1.76. The molecule has 0 unspecified atom stereocenters. The number of carboxylic acid groups (broad SMARTS) is 1. The minimum atomic E-state index is -1.31. The molecule has 0 aliphatic carbocycles. The lowest BCUT2D eigenvalue weighted by Gasteiger charge is -2.06. The van der Waals surface area contributed by atoms with Crippen molar-refractivity contribution >= 4 is 34.4 Å². The van der Waals surface area contributed by atoms with Crippen molar-refractivity contribution in [1.82, 2.24) is 4.98 Å². The number of hydrogen-bond donors (Lipinski definition) is 1. The quantitative estimate of drug-likeness (QED) is 0.748. The van der Waals surface area contributed by atoms with E-state index < -0.39 is 6.09 Å². The highest BCUT2D eigenvalue weighted by Crippen LogP contribution is 2.14. The van der Waals surface area contributed by atoms with E-state index in [0.29, 0.717) is 5.69 Å². The first-order chi connectivity index (χ1) is 5.20. The number of aromatic nitrogens is 1. The zero-order valence-electron chi connectivity index (χ0n) is 5.37. The maximum absolute atomic E-state index is 10.1. The highest BCUT2D eigenvalue weighted by Gasteiger charge is 1.95. The Labute approximate surface area is 76.8 Å². The molecule has 58 valence electrons. The van der Waals surface area contributed by atoms with Crippen LogP contribution in [0, 0.1) is 3.57 Å². The van der Waals surface area contributed by atoms with Crippen molar-refractivity contribution in [3.05, 3.63) is 22.0 Å². The lowest BCUT2D eigenvalue weighted by Crippen LogP contribution is -2.29. The number of carbonyl (C=O) groups excluding carboxylic acids is 1. The summed E-state index contributed by atoms with van der Waals surface area (Å²) >= 11 is 1.98. The van der Waals surface area contributed by atoms with Crippen molar-refractivity contribution in [3.63, 3.8) is 0 Å². The van der Waals surface area contributed by atoms with Crippen LogP contribution in [-0.4, -0.2) is 11.1 Å². The molecule has 1 aromatic rings. The van der Waals surface area contributed by atoms with Crippen LogP contribution in [0.15, 0.2) is 18.5 Å². The Hall–Kier alpha value is -0.850. The van der Waals surface area contributed by atoms with E-state index in [9.17, 15) is 9.90 Å². The van der Waals surface area contributed by atoms with Gasteiger partial charge in [-0.1, -0.05) is 0 Å². The van der Waals surface area contributed by atoms with Crippen LogP contribution in [0.3, 0.4) is 0 Å². The molecular formula is C6H4IN2O2-. The first-order valence-electron chi connectivity index (χ1n) is 2.77. The van der Waals surface area contributed by atoms with Crippen LogP contribution in [0.1, 0.15) is 0 Å². The van der Waals surface area contributed by atoms with E-state index in [1.165, 1.54) is 6.20 Å². The van der Waals surface area contributed by atoms with Gasteiger partial charge in [-0.05, 0) is 28.7 Å². The van der Waals surface area contributed by atoms with Gasteiger partial charge >= 0.3 is 0 Å². The summed E-state index contributed by atoms with van der Waals surface area (Å²) < 4.78 is 0.745. The molecule has 0 saturated carbocycles. The topological polar surface area (TPSA) is 65.0 Å². The average Bonchev–Trinajstić information content (AvgIpc) is 1.93. The van der Waals surface area contributed by atoms with Gasteiger partial charge in [0.25, 0.3) is 0 Å². The maximum Gasteiger partial charge on any atom is 0.138 e. The van der Waals surface area contributed by atoms with Gasteiger partial charge in [-0.15, -0.1) is 0 Å². The second-order valence-corrected chi connectivity index (χ2v) is 2.93. The van der Waals surface area contributed by atoms with Crippen molar-refractivity contribution in [1.29, 1.82) is 0 Å². The van der Waals surface area contributed by atoms with Crippen LogP contribution >= 0.6 is 22.6 Å². The predicted molar refractivity (Wildman–Crippen MR) is 46.0 cm³/mol. The first-order valence-corrected chi connectivity index (χ1v) is 3.85. The number of pyridine rings is 1. The van der Waals surface area contributed by atoms with Crippen LogP contribution in [0.5, 0.6) is 0 Å². The standard InChI is InChI=1S/C6H5IN2O2/c7-4-3-8-2-1-5(4)9-6(10)11/h1-3H,(H,8,9)(H,10,11)/p-1. The Morgan fingerprint density at radius 1 is 1.73 bits per heavy atom. The van der Waals surface area contributed by atoms with Crippen LogP contribution in [0.2, 0.25) is 0 Å². The number of rotatable bonds is 1. The predicted octanol–water partition coefficient (Wildman–Crippen LogP) is 0.441. The summed E-state index contributed by atoms with van der Waals surface area (Å²) in [5.41, 5.74) is 0.501. The van der Waals surface area contributed by atoms with Gasteiger partial charge in [0, 0.05) is 12.4 Å². The third kappa shape index (κ3) is 2.34. The largest absolute Gasteiger partial charge is 0.530 e. The van der Waals surface area contributed by atoms with Gasteiger partial charge in [0.1, 0.15) is 6.09 Å². The number of carbonyl (C=O) groups is 1. The summed E-state index contributed by atoms with van der Waals surface area (Å²) in [6, 6.07) is 1.57. The fraction of sp³-hybridized carbons (Fsp3) is 0. The van der Waals surface area contributed by atoms with E-state index in [0.717, 1.165) is 3.57 Å². The van der Waals surface area contributed by atoms with E-state index in [2.05, 4.69) is 10.3 Å². The van der Waals surface area contributed by atoms with Gasteiger partial charge in [0.2, 0.25) is 0 Å². The van der Waals surface area contributed by atoms with E-state index in [1.807, 2.05) is 22.6 Å². The summed E-state index contributed by atoms with van der Waals surface area (Å²) in [7, 11) is 0. The van der Waals surface area contributed by atoms with Gasteiger partial charge in [-0.2, -0.15) is 0 Å². The molecule has 0 atom stereocenters. The molecule has 0 bridgehead atoms. The Morgan fingerprint density at radius 2 is 2.45 bits per heavy atom. The minimum absolute atomic E-state index is 0.501. The third-order valence-corrected chi connectivity index (χ3v) is 1.87. The number of halogens is 1. The van der Waals surface area contributed by atoms with E-state index >= 15 is 0 Å². The molecule has 0 saturated heterocycles. The van der Waals surface area contributed by atoms with Crippen LogP contribution in [0.25, 0.3) is 0 Å². The molecule has 11 heavy (non-hydrogen) atoms. The zero-order chi connectivity index (χ0) is 8.27. The van der Waals surface area contributed by atoms with E-state index in [4.69, 9.17) is 0 Å². The van der Waals surface area contributed by atoms with E-state index in [-0.39, 0.29) is 0 Å². The lowest BCUT2D eigenvalue weighted by molar-refractivity contribution is -0.242. The number of anilines is 1. The number of nitrogens with one attached hydrogen (secondary N) is 1. The summed E-state index contributed by atoms with van der Waals surface area (Å²) in [5, 5.41) is 12.2. The fourth-order valence-corrected chi connectivity index (χ4v) is 1.06. The van der Waals surface area contributed by atoms with E-state index in [1.54, 1.807) is 12.3 Å². The average molecular weight is 263 g/mol. The Morgan fingerprint density at radius 3 is 3.00 bits per heavy atom. The second kappa shape index (κ2) is 3.51. The molecule has 0 fully saturated rings. The van der Waals surface area contributed by atoms with Crippen LogP contribution in [0.4, 0.5) is 10.5 Å². The van der Waals surface area contributed by atoms with Gasteiger partial charge in [-0.25, -0.2) is 0 Å². The van der Waals surface area contributed by atoms with Crippen LogP contribution < -0.4 is 10.4 Å². The highest BCUT2D eigenvalue weighted by molar-refractivity contribution is 14.1. The SMILES string of the molecule is O=C([O-])Nc1ccncc1I. The second-order valence-electron chi connectivity index (χ2n) is 1.77. The number of hydrogen-bond acceptors (Lipinski definition) is 3. The molecule has 0 aliphatic heterocycles. The normalized spacial score (nSPS) is 9.18. The Bertz CT molecular complexity index is 277. The number of amides is 1. The Balaban J connectivity index is 2.86. The maximum atomic E-state index is 10.1. The fourth-order valence-electron chi connectivity index (χ4n) is 0.587. The molecule has 0 aliphatic rings. The Kier molecular flexibility index (Phi) is 2.64. The van der Waals surface area contributed by atoms with Crippen molar-refractivity contribution in [2.75, 3.05) is 5.32 Å². The highest BCUT2D eigenvalue weighted by atomic mass is 127. The van der Waals surface area contributed by atoms with Gasteiger partial charge in [0.15, 0.2) is 0 Å². The molecule has 5 heteroatoms. The summed E-state index contributed by atoms with van der Waals surface area (Å²) in [5.74, 6) is 0. The number of nitrogens with zero attached hydrogens (tertiary/aromatic N) is 1. The van der Waals surface area contributed by atoms with Crippen molar-refractivity contribution in [2.24, 2.45) is 0 Å². The smallest absolute Gasteiger partial charge is 0.138 e. The molecule has 0 aromatic carbocycles. The lowest BCUT2D eigenvalue weighted by atomic mass is 10.4. The van der Waals surface area contributed by atoms with Gasteiger partial charge in [-0.3, -0.25) is 4.98 Å². The molecule has 1 N–H and O–H groups in total. The van der Waals surface area contributed by atoms with Crippen molar-refractivity contribution < 1.29 is 9.90 Å². The third-order valence-electron chi connectivity index (χ3n) is 1.01. The van der Waals surface area contributed by atoms with Gasteiger partial charge < -0.3 is 15.2 Å². The molecule has 1 aromatic heterocycles.